The summed E-state index contributed by atoms with van der Waals surface area (Å²) < 4.78 is 28.2. The van der Waals surface area contributed by atoms with Crippen molar-refractivity contribution in [2.24, 2.45) is 5.92 Å². The minimum absolute atomic E-state index is 0.0337. The third-order valence-electron chi connectivity index (χ3n) is 6.16. The maximum atomic E-state index is 13.4. The first-order valence-electron chi connectivity index (χ1n) is 9.64. The Morgan fingerprint density at radius 1 is 1.04 bits per heavy atom. The Morgan fingerprint density at radius 3 is 2.39 bits per heavy atom. The van der Waals surface area contributed by atoms with Crippen LogP contribution in [0.3, 0.4) is 0 Å². The minimum Gasteiger partial charge on any atom is -0.394 e. The number of carbonyl (C=O) groups is 1. The average Bonchev–Trinajstić information content (AvgIpc) is 3.54. The fraction of sp³-hybridized carbons (Fsp3) is 0.381. The van der Waals surface area contributed by atoms with E-state index in [-0.39, 0.29) is 47.9 Å². The second-order valence-corrected chi connectivity index (χ2v) is 9.63. The van der Waals surface area contributed by atoms with Crippen LogP contribution in [-0.4, -0.2) is 49.6 Å². The molecule has 146 valence electrons. The molecule has 7 heteroatoms. The van der Waals surface area contributed by atoms with Gasteiger partial charge >= 0.3 is 0 Å². The zero-order valence-corrected chi connectivity index (χ0v) is 16.1. The summed E-state index contributed by atoms with van der Waals surface area (Å²) in [6.45, 7) is 0.104. The first kappa shape index (κ1) is 17.7. The van der Waals surface area contributed by atoms with Crippen LogP contribution in [0.2, 0.25) is 0 Å². The van der Waals surface area contributed by atoms with Gasteiger partial charge in [-0.05, 0) is 36.6 Å². The van der Waals surface area contributed by atoms with Crippen molar-refractivity contribution in [1.29, 1.82) is 0 Å². The number of sulfonamides is 1. The van der Waals surface area contributed by atoms with E-state index in [2.05, 4.69) is 0 Å². The van der Waals surface area contributed by atoms with Crippen molar-refractivity contribution in [1.82, 2.24) is 4.90 Å². The van der Waals surface area contributed by atoms with Crippen LogP contribution in [0.1, 0.15) is 24.3 Å². The van der Waals surface area contributed by atoms with Gasteiger partial charge in [-0.1, -0.05) is 36.4 Å². The number of para-hydroxylation sites is 1. The monoisotopic (exact) mass is 398 g/mol. The summed E-state index contributed by atoms with van der Waals surface area (Å²) in [5.74, 6) is 0.0502. The Bertz CT molecular complexity index is 1020. The lowest BCUT2D eigenvalue weighted by molar-refractivity contribution is -0.151. The molecule has 6 nitrogen and oxygen atoms in total. The average molecular weight is 398 g/mol. The molecular weight excluding hydrogens is 376 g/mol. The number of aliphatic hydroxyl groups is 1. The van der Waals surface area contributed by atoms with Crippen molar-refractivity contribution in [2.75, 3.05) is 17.5 Å². The molecule has 3 atom stereocenters. The largest absolute Gasteiger partial charge is 0.394 e. The maximum Gasteiger partial charge on any atom is 0.264 e. The molecular formula is C21H22N2O4S. The number of hydrogen-bond acceptors (Lipinski definition) is 4. The van der Waals surface area contributed by atoms with Crippen molar-refractivity contribution < 1.29 is 18.3 Å². The normalized spacial score (nSPS) is 26.2. The third kappa shape index (κ3) is 2.49. The van der Waals surface area contributed by atoms with E-state index < -0.39 is 10.0 Å². The molecule has 1 amide bonds. The van der Waals surface area contributed by atoms with Crippen LogP contribution in [0.25, 0.3) is 0 Å². The summed E-state index contributed by atoms with van der Waals surface area (Å²) in [5.41, 5.74) is 1.53. The summed E-state index contributed by atoms with van der Waals surface area (Å²) in [6, 6.07) is 15.3. The standard InChI is InChI=1S/C21H22N2O4S/c24-13-19-20-16-8-4-5-9-17(16)22(28(26,27)15-6-2-1-3-7-15)12-18(20)23(19)21(25)14-10-11-14/h1-9,14,18-20,24H,10-13H2/t18-,19-,20+/m1/s1. The SMILES string of the molecule is O=C(C1CC1)N1[C@H](CO)[C@H]2c3ccccc3N(S(=O)(=O)c3ccccc3)C[C@H]21. The predicted molar refractivity (Wildman–Crippen MR) is 104 cm³/mol. The lowest BCUT2D eigenvalue weighted by Crippen LogP contribution is -2.71. The van der Waals surface area contributed by atoms with Crippen molar-refractivity contribution in [3.05, 3.63) is 60.2 Å². The van der Waals surface area contributed by atoms with Crippen LogP contribution in [0.15, 0.2) is 59.5 Å². The topological polar surface area (TPSA) is 77.9 Å². The van der Waals surface area contributed by atoms with Crippen LogP contribution in [0, 0.1) is 5.92 Å². The van der Waals surface area contributed by atoms with E-state index >= 15 is 0 Å². The molecule has 2 fully saturated rings. The summed E-state index contributed by atoms with van der Waals surface area (Å²) >= 11 is 0. The van der Waals surface area contributed by atoms with Crippen LogP contribution in [0.5, 0.6) is 0 Å². The molecule has 2 aromatic carbocycles. The van der Waals surface area contributed by atoms with E-state index in [9.17, 15) is 18.3 Å². The van der Waals surface area contributed by atoms with Crippen molar-refractivity contribution >= 4 is 21.6 Å². The van der Waals surface area contributed by atoms with Crippen molar-refractivity contribution in [2.45, 2.75) is 35.7 Å². The molecule has 2 heterocycles. The molecule has 1 N–H and O–H groups in total. The maximum absolute atomic E-state index is 13.4. The second kappa shape index (κ2) is 6.32. The van der Waals surface area contributed by atoms with Gasteiger partial charge in [-0.2, -0.15) is 0 Å². The highest BCUT2D eigenvalue weighted by Gasteiger charge is 2.57. The molecule has 0 bridgehead atoms. The number of amides is 1. The number of rotatable bonds is 4. The van der Waals surface area contributed by atoms with E-state index in [1.165, 1.54) is 4.31 Å². The number of nitrogens with zero attached hydrogens (tertiary/aromatic N) is 2. The van der Waals surface area contributed by atoms with E-state index in [1.54, 1.807) is 35.2 Å². The molecule has 28 heavy (non-hydrogen) atoms. The number of benzene rings is 2. The first-order valence-corrected chi connectivity index (χ1v) is 11.1. The lowest BCUT2D eigenvalue weighted by atomic mass is 9.72. The van der Waals surface area contributed by atoms with Crippen LogP contribution < -0.4 is 4.31 Å². The molecule has 5 rings (SSSR count). The molecule has 3 aliphatic rings. The van der Waals surface area contributed by atoms with Gasteiger partial charge in [0.15, 0.2) is 0 Å². The van der Waals surface area contributed by atoms with Crippen LogP contribution in [-0.2, 0) is 14.8 Å². The van der Waals surface area contributed by atoms with Crippen LogP contribution in [0.4, 0.5) is 5.69 Å². The molecule has 0 spiro atoms. The van der Waals surface area contributed by atoms with Crippen molar-refractivity contribution in [3.8, 4) is 0 Å². The Hall–Kier alpha value is -2.38. The highest BCUT2D eigenvalue weighted by molar-refractivity contribution is 7.92. The number of fused-ring (bicyclic) bond motifs is 3. The number of anilines is 1. The van der Waals surface area contributed by atoms with E-state index in [0.717, 1.165) is 18.4 Å². The molecule has 1 saturated heterocycles. The van der Waals surface area contributed by atoms with E-state index in [4.69, 9.17) is 0 Å². The quantitative estimate of drug-likeness (QED) is 0.854. The first-order chi connectivity index (χ1) is 13.5. The van der Waals surface area contributed by atoms with Gasteiger partial charge < -0.3 is 10.0 Å². The van der Waals surface area contributed by atoms with Crippen LogP contribution >= 0.6 is 0 Å². The molecule has 2 aliphatic heterocycles. The fourth-order valence-corrected chi connectivity index (χ4v) is 6.17. The Balaban J connectivity index is 1.58. The summed E-state index contributed by atoms with van der Waals surface area (Å²) in [5, 5.41) is 9.95. The Morgan fingerprint density at radius 2 is 1.71 bits per heavy atom. The number of likely N-dealkylation sites (tertiary alicyclic amines) is 1. The summed E-state index contributed by atoms with van der Waals surface area (Å²) in [7, 11) is -3.74. The predicted octanol–water partition coefficient (Wildman–Crippen LogP) is 1.96. The molecule has 0 unspecified atom stereocenters. The van der Waals surface area contributed by atoms with Gasteiger partial charge in [0.25, 0.3) is 10.0 Å². The van der Waals surface area contributed by atoms with Gasteiger partial charge in [-0.3, -0.25) is 9.10 Å². The fourth-order valence-electron chi connectivity index (χ4n) is 4.64. The van der Waals surface area contributed by atoms with Gasteiger partial charge in [0.2, 0.25) is 5.91 Å². The Kier molecular flexibility index (Phi) is 4.00. The number of hydrogen-bond donors (Lipinski definition) is 1. The molecule has 1 aliphatic carbocycles. The minimum atomic E-state index is -3.74. The highest BCUT2D eigenvalue weighted by atomic mass is 32.2. The lowest BCUT2D eigenvalue weighted by Gasteiger charge is -2.59. The number of carbonyl (C=O) groups excluding carboxylic acids is 1. The van der Waals surface area contributed by atoms with Crippen molar-refractivity contribution in [3.63, 3.8) is 0 Å². The third-order valence-corrected chi connectivity index (χ3v) is 7.95. The van der Waals surface area contributed by atoms with E-state index in [0.29, 0.717) is 5.69 Å². The van der Waals surface area contributed by atoms with Gasteiger partial charge in [0, 0.05) is 11.8 Å². The molecule has 0 radical (unpaired) electrons. The van der Waals surface area contributed by atoms with Gasteiger partial charge in [0.1, 0.15) is 0 Å². The van der Waals surface area contributed by atoms with Gasteiger partial charge in [-0.25, -0.2) is 8.42 Å². The number of aliphatic hydroxyl groups excluding tert-OH is 1. The second-order valence-electron chi connectivity index (χ2n) is 7.77. The van der Waals surface area contributed by atoms with Gasteiger partial charge in [-0.15, -0.1) is 0 Å². The molecule has 0 aromatic heterocycles. The van der Waals surface area contributed by atoms with E-state index in [1.807, 2.05) is 24.3 Å². The highest BCUT2D eigenvalue weighted by Crippen LogP contribution is 2.51. The van der Waals surface area contributed by atoms with Gasteiger partial charge in [0.05, 0.1) is 35.8 Å². The zero-order chi connectivity index (χ0) is 19.5. The molecule has 2 aromatic rings. The zero-order valence-electron chi connectivity index (χ0n) is 15.3. The Labute approximate surface area is 164 Å². The summed E-state index contributed by atoms with van der Waals surface area (Å²) in [6.07, 6.45) is 1.76. The molecule has 1 saturated carbocycles. The summed E-state index contributed by atoms with van der Waals surface area (Å²) in [4.78, 5) is 14.8. The smallest absolute Gasteiger partial charge is 0.264 e.